The highest BCUT2D eigenvalue weighted by Crippen LogP contribution is 2.44. The first-order valence-electron chi connectivity index (χ1n) is 11.7. The van der Waals surface area contributed by atoms with Gasteiger partial charge in [-0.2, -0.15) is 0 Å². The van der Waals surface area contributed by atoms with E-state index in [4.69, 9.17) is 16.3 Å². The van der Waals surface area contributed by atoms with Crippen molar-refractivity contribution in [3.63, 3.8) is 0 Å². The number of carbonyl (C=O) groups is 2. The molecular weight excluding hydrogens is 502 g/mol. The number of ketones is 1. The minimum absolute atomic E-state index is 0.160. The fraction of sp³-hybridized carbons (Fsp3) is 0.214. The maximum absolute atomic E-state index is 14.9. The molecule has 37 heavy (non-hydrogen) atoms. The Labute approximate surface area is 218 Å². The van der Waals surface area contributed by atoms with E-state index >= 15 is 0 Å². The standard InChI is InChI=1S/C28H25ClF2N2O4/c1-4-32(5-2)19-10-6-16(7-11-19)25-24(26(34)17-8-13-23(37-3)20(29)14-17)27(35)28(36)33(25)22-15-18(30)9-12-21(22)31/h6-15,25,34H,4-5H2,1-3H3/b26-24+. The largest absolute Gasteiger partial charge is 0.507 e. The van der Waals surface area contributed by atoms with E-state index in [9.17, 15) is 23.5 Å². The van der Waals surface area contributed by atoms with E-state index < -0.39 is 40.8 Å². The number of benzene rings is 3. The van der Waals surface area contributed by atoms with Crippen LogP contribution in [0.15, 0.2) is 66.2 Å². The number of amides is 1. The zero-order valence-corrected chi connectivity index (χ0v) is 21.2. The number of nitrogens with zero attached hydrogens (tertiary/aromatic N) is 2. The summed E-state index contributed by atoms with van der Waals surface area (Å²) in [6.45, 7) is 5.56. The second-order valence-corrected chi connectivity index (χ2v) is 8.79. The first kappa shape index (κ1) is 26.2. The summed E-state index contributed by atoms with van der Waals surface area (Å²) in [6.07, 6.45) is 0. The zero-order chi connectivity index (χ0) is 26.9. The summed E-state index contributed by atoms with van der Waals surface area (Å²) in [4.78, 5) is 29.5. The van der Waals surface area contributed by atoms with Crippen molar-refractivity contribution in [1.82, 2.24) is 0 Å². The number of aliphatic hydroxyl groups is 1. The molecule has 1 amide bonds. The lowest BCUT2D eigenvalue weighted by atomic mass is 9.94. The van der Waals surface area contributed by atoms with Crippen LogP contribution in [0.2, 0.25) is 5.02 Å². The highest BCUT2D eigenvalue weighted by Gasteiger charge is 2.48. The molecule has 4 rings (SSSR count). The van der Waals surface area contributed by atoms with Gasteiger partial charge in [0.2, 0.25) is 0 Å². The Balaban J connectivity index is 1.93. The molecule has 3 aromatic rings. The first-order valence-corrected chi connectivity index (χ1v) is 12.0. The van der Waals surface area contributed by atoms with E-state index in [1.807, 2.05) is 26.0 Å². The monoisotopic (exact) mass is 526 g/mol. The minimum Gasteiger partial charge on any atom is -0.507 e. The fourth-order valence-electron chi connectivity index (χ4n) is 4.49. The molecule has 1 aliphatic rings. The lowest BCUT2D eigenvalue weighted by Gasteiger charge is -2.27. The molecule has 0 radical (unpaired) electrons. The van der Waals surface area contributed by atoms with Crippen LogP contribution in [0.3, 0.4) is 0 Å². The van der Waals surface area contributed by atoms with Crippen LogP contribution in [0, 0.1) is 11.6 Å². The van der Waals surface area contributed by atoms with Gasteiger partial charge in [-0.15, -0.1) is 0 Å². The van der Waals surface area contributed by atoms with Gasteiger partial charge in [-0.1, -0.05) is 23.7 Å². The second kappa shape index (κ2) is 10.6. The van der Waals surface area contributed by atoms with Crippen molar-refractivity contribution in [2.45, 2.75) is 19.9 Å². The Kier molecular flexibility index (Phi) is 7.50. The number of methoxy groups -OCH3 is 1. The molecule has 9 heteroatoms. The first-order chi connectivity index (χ1) is 17.7. The van der Waals surface area contributed by atoms with Crippen LogP contribution >= 0.6 is 11.6 Å². The number of rotatable bonds is 7. The van der Waals surface area contributed by atoms with Crippen LogP contribution in [-0.4, -0.2) is 37.0 Å². The molecular formula is C28H25ClF2N2O4. The van der Waals surface area contributed by atoms with E-state index in [0.29, 0.717) is 11.3 Å². The lowest BCUT2D eigenvalue weighted by Crippen LogP contribution is -2.30. The Bertz CT molecular complexity index is 1390. The van der Waals surface area contributed by atoms with Crippen LogP contribution in [-0.2, 0) is 9.59 Å². The van der Waals surface area contributed by atoms with Crippen molar-refractivity contribution in [1.29, 1.82) is 0 Å². The fourth-order valence-corrected chi connectivity index (χ4v) is 4.75. The summed E-state index contributed by atoms with van der Waals surface area (Å²) < 4.78 is 34.1. The van der Waals surface area contributed by atoms with Gasteiger partial charge in [0, 0.05) is 30.4 Å². The maximum atomic E-state index is 14.9. The summed E-state index contributed by atoms with van der Waals surface area (Å²) in [6, 6.07) is 12.8. The smallest absolute Gasteiger partial charge is 0.300 e. The number of carbonyl (C=O) groups excluding carboxylic acids is 2. The van der Waals surface area contributed by atoms with E-state index in [-0.39, 0.29) is 16.2 Å². The molecule has 6 nitrogen and oxygen atoms in total. The third-order valence-electron chi connectivity index (χ3n) is 6.37. The number of anilines is 2. The Morgan fingerprint density at radius 1 is 1.03 bits per heavy atom. The molecule has 1 aliphatic heterocycles. The molecule has 1 saturated heterocycles. The highest BCUT2D eigenvalue weighted by atomic mass is 35.5. The molecule has 1 heterocycles. The van der Waals surface area contributed by atoms with Crippen LogP contribution in [0.25, 0.3) is 5.76 Å². The molecule has 3 aromatic carbocycles. The molecule has 0 bridgehead atoms. The molecule has 1 unspecified atom stereocenters. The average Bonchev–Trinajstić information content (AvgIpc) is 3.16. The van der Waals surface area contributed by atoms with Crippen LogP contribution in [0.4, 0.5) is 20.2 Å². The molecule has 0 saturated carbocycles. The quantitative estimate of drug-likeness (QED) is 0.229. The van der Waals surface area contributed by atoms with Crippen molar-refractivity contribution in [2.75, 3.05) is 30.0 Å². The lowest BCUT2D eigenvalue weighted by molar-refractivity contribution is -0.132. The molecule has 0 aliphatic carbocycles. The van der Waals surface area contributed by atoms with Gasteiger partial charge in [-0.05, 0) is 61.9 Å². The molecule has 1 atom stereocenters. The average molecular weight is 527 g/mol. The third-order valence-corrected chi connectivity index (χ3v) is 6.67. The van der Waals surface area contributed by atoms with Crippen LogP contribution in [0.5, 0.6) is 5.75 Å². The predicted octanol–water partition coefficient (Wildman–Crippen LogP) is 6.10. The van der Waals surface area contributed by atoms with Crippen molar-refractivity contribution in [3.05, 3.63) is 94.0 Å². The molecule has 0 aromatic heterocycles. The predicted molar refractivity (Wildman–Crippen MR) is 139 cm³/mol. The Hall–Kier alpha value is -3.91. The van der Waals surface area contributed by atoms with Gasteiger partial charge in [0.15, 0.2) is 0 Å². The molecule has 1 N–H and O–H groups in total. The van der Waals surface area contributed by atoms with E-state index in [1.54, 1.807) is 12.1 Å². The van der Waals surface area contributed by atoms with E-state index in [2.05, 4.69) is 4.90 Å². The molecule has 1 fully saturated rings. The summed E-state index contributed by atoms with van der Waals surface area (Å²) in [5, 5.41) is 11.4. The van der Waals surface area contributed by atoms with Gasteiger partial charge in [0.05, 0.1) is 29.4 Å². The van der Waals surface area contributed by atoms with Gasteiger partial charge in [-0.3, -0.25) is 14.5 Å². The zero-order valence-electron chi connectivity index (χ0n) is 20.5. The summed E-state index contributed by atoms with van der Waals surface area (Å²) in [7, 11) is 1.43. The van der Waals surface area contributed by atoms with Crippen LogP contribution in [0.1, 0.15) is 31.0 Å². The number of hydrogen-bond donors (Lipinski definition) is 1. The third kappa shape index (κ3) is 4.76. The second-order valence-electron chi connectivity index (χ2n) is 8.38. The van der Waals surface area contributed by atoms with Crippen molar-refractivity contribution in [3.8, 4) is 5.75 Å². The van der Waals surface area contributed by atoms with Gasteiger partial charge in [0.1, 0.15) is 23.1 Å². The summed E-state index contributed by atoms with van der Waals surface area (Å²) in [5.41, 5.74) is 0.815. The maximum Gasteiger partial charge on any atom is 0.300 e. The number of ether oxygens (including phenoxy) is 1. The van der Waals surface area contributed by atoms with Gasteiger partial charge >= 0.3 is 0 Å². The Morgan fingerprint density at radius 3 is 2.30 bits per heavy atom. The van der Waals surface area contributed by atoms with Crippen molar-refractivity contribution in [2.24, 2.45) is 0 Å². The number of halogens is 3. The minimum atomic E-state index is -1.22. The molecule has 192 valence electrons. The van der Waals surface area contributed by atoms with Gasteiger partial charge in [-0.25, -0.2) is 8.78 Å². The topological polar surface area (TPSA) is 70.1 Å². The van der Waals surface area contributed by atoms with Crippen LogP contribution < -0.4 is 14.5 Å². The SMILES string of the molecule is CCN(CC)c1ccc(C2/C(=C(\O)c3ccc(OC)c(Cl)c3)C(=O)C(=O)N2c2cc(F)ccc2F)cc1. The van der Waals surface area contributed by atoms with Crippen molar-refractivity contribution < 1.29 is 28.2 Å². The van der Waals surface area contributed by atoms with Crippen molar-refractivity contribution >= 4 is 40.4 Å². The highest BCUT2D eigenvalue weighted by molar-refractivity contribution is 6.51. The van der Waals surface area contributed by atoms with E-state index in [1.165, 1.54) is 25.3 Å². The van der Waals surface area contributed by atoms with E-state index in [0.717, 1.165) is 41.9 Å². The summed E-state index contributed by atoms with van der Waals surface area (Å²) in [5.74, 6) is -3.95. The number of Topliss-reactive ketones (excluding diaryl/α,β-unsaturated/α-hetero) is 1. The Morgan fingerprint density at radius 2 is 1.70 bits per heavy atom. The number of aliphatic hydroxyl groups excluding tert-OH is 1. The molecule has 0 spiro atoms. The number of hydrogen-bond acceptors (Lipinski definition) is 5. The normalized spacial score (nSPS) is 16.8. The van der Waals surface area contributed by atoms with Gasteiger partial charge in [0.25, 0.3) is 11.7 Å². The summed E-state index contributed by atoms with van der Waals surface area (Å²) >= 11 is 6.22. The van der Waals surface area contributed by atoms with Gasteiger partial charge < -0.3 is 14.7 Å².